The first-order chi connectivity index (χ1) is 41.7. The van der Waals surface area contributed by atoms with Crippen LogP contribution in [-0.4, -0.2) is 20.7 Å². The van der Waals surface area contributed by atoms with Crippen LogP contribution in [0.5, 0.6) is 0 Å². The quantitative estimate of drug-likeness (QED) is 0.142. The molecule has 0 aliphatic carbocycles. The lowest BCUT2D eigenvalue weighted by atomic mass is 10.00. The minimum absolute atomic E-state index is 0.865. The van der Waals surface area contributed by atoms with Crippen LogP contribution < -0.4 is 51.3 Å². The van der Waals surface area contributed by atoms with Gasteiger partial charge in [0.1, 0.15) is 11.2 Å². The molecule has 4 heterocycles. The van der Waals surface area contributed by atoms with Crippen molar-refractivity contribution in [3.05, 3.63) is 322 Å². The summed E-state index contributed by atoms with van der Waals surface area (Å²) in [6.45, 7) is 0. The van der Waals surface area contributed by atoms with Gasteiger partial charge in [0.15, 0.2) is 16.1 Å². The van der Waals surface area contributed by atoms with Crippen LogP contribution in [0.25, 0.3) is 60.6 Å². The highest BCUT2D eigenvalue weighted by Crippen LogP contribution is 2.45. The van der Waals surface area contributed by atoms with E-state index < -0.39 is 16.1 Å². The maximum absolute atomic E-state index is 6.72. The number of fused-ring (bicyclic) bond motifs is 10. The number of anilines is 6. The van der Waals surface area contributed by atoms with Gasteiger partial charge in [-0.2, -0.15) is 0 Å². The molecule has 6 heteroatoms. The third-order valence-corrected chi connectivity index (χ3v) is 27.8. The molecule has 0 radical (unpaired) electrons. The van der Waals surface area contributed by atoms with Crippen LogP contribution in [0.1, 0.15) is 0 Å². The van der Waals surface area contributed by atoms with Gasteiger partial charge in [0, 0.05) is 61.4 Å². The van der Waals surface area contributed by atoms with Crippen LogP contribution in [0.3, 0.4) is 0 Å². The van der Waals surface area contributed by atoms with Gasteiger partial charge in [0.2, 0.25) is 0 Å². The first-order valence-electron chi connectivity index (χ1n) is 29.0. The SMILES string of the molecule is c1ccc(-n2c3ccc(-c4ccc5oc6ccc(N7c8ccccc8[Si](c8ccccc8)(c8ccccc8)c8ccccc87)cc6c5c4)cc3c3cc(N4c5ccccc5[Si](c5ccccc5)(c5ccccc5)c5ccccc54)ccc32)cc1. The Labute approximate surface area is 489 Å². The van der Waals surface area contributed by atoms with Crippen molar-refractivity contribution in [3.63, 3.8) is 0 Å². The largest absolute Gasteiger partial charge is 0.456 e. The predicted octanol–water partition coefficient (Wildman–Crippen LogP) is 14.7. The average molecular weight is 1100 g/mol. The molecule has 2 aromatic heterocycles. The number of nitrogens with zero attached hydrogens (tertiary/aromatic N) is 3. The van der Waals surface area contributed by atoms with E-state index in [0.29, 0.717) is 0 Å². The van der Waals surface area contributed by atoms with Crippen molar-refractivity contribution in [2.24, 2.45) is 0 Å². The second kappa shape index (κ2) is 19.0. The fourth-order valence-corrected chi connectivity index (χ4v) is 24.9. The molecular formula is C78H53N3OSi2. The summed E-state index contributed by atoms with van der Waals surface area (Å²) in [7, 11) is -5.56. The molecule has 2 aliphatic heterocycles. The average Bonchev–Trinajstić information content (AvgIpc) is 1.21. The molecule has 0 saturated heterocycles. The molecule has 0 atom stereocenters. The van der Waals surface area contributed by atoms with Crippen molar-refractivity contribution >= 4 is 136 Å². The minimum Gasteiger partial charge on any atom is -0.456 e. The fraction of sp³-hybridized carbons (Fsp3) is 0. The van der Waals surface area contributed by atoms with Gasteiger partial charge in [0.25, 0.3) is 0 Å². The van der Waals surface area contributed by atoms with Crippen LogP contribution in [0.15, 0.2) is 326 Å². The third kappa shape index (κ3) is 6.99. The van der Waals surface area contributed by atoms with Gasteiger partial charge in [-0.05, 0) is 150 Å². The second-order valence-corrected chi connectivity index (χ2v) is 29.8. The normalized spacial score (nSPS) is 13.9. The first kappa shape index (κ1) is 48.2. The van der Waals surface area contributed by atoms with Gasteiger partial charge < -0.3 is 18.8 Å². The van der Waals surface area contributed by atoms with Crippen molar-refractivity contribution in [1.82, 2.24) is 4.57 Å². The topological polar surface area (TPSA) is 24.6 Å². The lowest BCUT2D eigenvalue weighted by molar-refractivity contribution is 0.669. The maximum Gasteiger partial charge on any atom is 0.184 e. The molecule has 0 bridgehead atoms. The van der Waals surface area contributed by atoms with Gasteiger partial charge in [-0.25, -0.2) is 0 Å². The van der Waals surface area contributed by atoms with E-state index in [-0.39, 0.29) is 0 Å². The monoisotopic (exact) mass is 1100 g/mol. The van der Waals surface area contributed by atoms with Gasteiger partial charge in [0.05, 0.1) is 11.0 Å². The lowest BCUT2D eigenvalue weighted by Gasteiger charge is -2.45. The highest BCUT2D eigenvalue weighted by molar-refractivity contribution is 7.22. The van der Waals surface area contributed by atoms with Crippen LogP contribution in [-0.2, 0) is 0 Å². The third-order valence-electron chi connectivity index (χ3n) is 18.1. The minimum atomic E-state index is -2.79. The zero-order valence-electron chi connectivity index (χ0n) is 45.8. The zero-order valence-corrected chi connectivity index (χ0v) is 47.8. The molecule has 394 valence electrons. The molecule has 0 saturated carbocycles. The molecular weight excluding hydrogens is 1050 g/mol. The molecule has 4 nitrogen and oxygen atoms in total. The molecule has 17 rings (SSSR count). The lowest BCUT2D eigenvalue weighted by Crippen LogP contribution is -2.77. The van der Waals surface area contributed by atoms with Crippen LogP contribution in [0, 0.1) is 0 Å². The van der Waals surface area contributed by atoms with E-state index in [1.165, 1.54) is 75.0 Å². The summed E-state index contributed by atoms with van der Waals surface area (Å²) >= 11 is 0. The van der Waals surface area contributed by atoms with Crippen molar-refractivity contribution in [1.29, 1.82) is 0 Å². The number of hydrogen-bond acceptors (Lipinski definition) is 3. The van der Waals surface area contributed by atoms with Crippen molar-refractivity contribution in [3.8, 4) is 16.8 Å². The molecule has 0 fully saturated rings. The van der Waals surface area contributed by atoms with E-state index in [1.807, 2.05) is 0 Å². The van der Waals surface area contributed by atoms with Gasteiger partial charge in [-0.1, -0.05) is 224 Å². The van der Waals surface area contributed by atoms with Crippen molar-refractivity contribution in [2.75, 3.05) is 9.80 Å². The molecule has 0 unspecified atom stereocenters. The Morgan fingerprint density at radius 2 is 0.548 bits per heavy atom. The number of hydrogen-bond donors (Lipinski definition) is 0. The van der Waals surface area contributed by atoms with Gasteiger partial charge >= 0.3 is 0 Å². The Morgan fingerprint density at radius 1 is 0.238 bits per heavy atom. The van der Waals surface area contributed by atoms with Gasteiger partial charge in [-0.3, -0.25) is 0 Å². The summed E-state index contributed by atoms with van der Waals surface area (Å²) in [6.07, 6.45) is 0. The molecule has 13 aromatic carbocycles. The molecule has 15 aromatic rings. The summed E-state index contributed by atoms with van der Waals surface area (Å²) < 4.78 is 9.15. The number of furan rings is 1. The molecule has 0 spiro atoms. The van der Waals surface area contributed by atoms with E-state index >= 15 is 0 Å². The number of rotatable bonds is 8. The maximum atomic E-state index is 6.72. The first-order valence-corrected chi connectivity index (χ1v) is 33.0. The van der Waals surface area contributed by atoms with E-state index in [1.54, 1.807) is 0 Å². The zero-order chi connectivity index (χ0) is 55.3. The second-order valence-electron chi connectivity index (χ2n) is 22.3. The number of aromatic nitrogens is 1. The fourth-order valence-electron chi connectivity index (χ4n) is 14.6. The number of benzene rings is 13. The Hall–Kier alpha value is -10.5. The summed E-state index contributed by atoms with van der Waals surface area (Å²) in [4.78, 5) is 5.01. The van der Waals surface area contributed by atoms with Gasteiger partial charge in [-0.15, -0.1) is 0 Å². The summed E-state index contributed by atoms with van der Waals surface area (Å²) in [5.74, 6) is 0. The van der Waals surface area contributed by atoms with Crippen LogP contribution in [0.2, 0.25) is 0 Å². The Kier molecular flexibility index (Phi) is 10.9. The highest BCUT2D eigenvalue weighted by atomic mass is 28.3. The summed E-state index contributed by atoms with van der Waals surface area (Å²) in [5, 5.41) is 15.6. The van der Waals surface area contributed by atoms with Crippen LogP contribution in [0.4, 0.5) is 34.1 Å². The number of para-hydroxylation sites is 5. The molecule has 0 amide bonds. The molecule has 0 N–H and O–H groups in total. The Bertz CT molecular complexity index is 4860. The van der Waals surface area contributed by atoms with E-state index in [0.717, 1.165) is 61.2 Å². The summed E-state index contributed by atoms with van der Waals surface area (Å²) in [6, 6.07) is 120. The Morgan fingerprint density at radius 3 is 0.988 bits per heavy atom. The van der Waals surface area contributed by atoms with E-state index in [2.05, 4.69) is 336 Å². The van der Waals surface area contributed by atoms with Crippen molar-refractivity contribution in [2.45, 2.75) is 0 Å². The van der Waals surface area contributed by atoms with Crippen molar-refractivity contribution < 1.29 is 4.42 Å². The molecule has 84 heavy (non-hydrogen) atoms. The van der Waals surface area contributed by atoms with E-state index in [9.17, 15) is 0 Å². The predicted molar refractivity (Wildman–Crippen MR) is 357 cm³/mol. The highest BCUT2D eigenvalue weighted by Gasteiger charge is 2.50. The molecule has 2 aliphatic rings. The smallest absolute Gasteiger partial charge is 0.184 e. The summed E-state index contributed by atoms with van der Waals surface area (Å²) in [5.41, 5.74) is 14.5. The standard InChI is InChI=1S/C78H53N3OSi2/c1-6-24-56(25-7-1)79-67-46-42-54(50-63(67)64-52-57(44-47-68(64)79)80-69-34-16-20-38-75(69)83(59-26-8-2-9-27-59,60-28-10-3-11-29-60)76-39-21-17-35-70(76)80)55-43-48-73-65(51-55)66-53-58(45-49-74(66)82-73)81-71-36-18-22-40-77(71)84(61-30-12-4-13-31-61,62-32-14-5-15-33-62)78-41-23-19-37-72(78)81/h1-53H. The Balaban J connectivity index is 0.823. The van der Waals surface area contributed by atoms with E-state index in [4.69, 9.17) is 4.42 Å². The van der Waals surface area contributed by atoms with Crippen LogP contribution >= 0.6 is 0 Å².